The molecule has 0 saturated heterocycles. The molecule has 0 fully saturated rings. The average molecular weight is 179 g/mol. The fourth-order valence-electron chi connectivity index (χ4n) is 1.24. The topological polar surface area (TPSA) is 12.9 Å². The zero-order valence-corrected chi connectivity index (χ0v) is 7.01. The Morgan fingerprint density at radius 2 is 2.08 bits per heavy atom. The zero-order chi connectivity index (χ0) is 9.42. The molecule has 3 heteroatoms. The first-order chi connectivity index (χ1) is 6.20. The molecule has 66 valence electrons. The second-order valence-corrected chi connectivity index (χ2v) is 2.87. The van der Waals surface area contributed by atoms with Gasteiger partial charge in [-0.3, -0.25) is 4.98 Å². The molecule has 0 aliphatic heterocycles. The monoisotopic (exact) mass is 179 g/mol. The number of fused-ring (bicyclic) bond motifs is 1. The highest BCUT2D eigenvalue weighted by Gasteiger charge is 2.09. The number of halogens is 2. The summed E-state index contributed by atoms with van der Waals surface area (Å²) in [5.74, 6) is -1.10. The van der Waals surface area contributed by atoms with Gasteiger partial charge in [0, 0.05) is 17.1 Å². The Morgan fingerprint density at radius 1 is 1.31 bits per heavy atom. The average Bonchev–Trinajstić information content (AvgIpc) is 2.15. The van der Waals surface area contributed by atoms with E-state index in [1.807, 2.05) is 0 Å². The molecule has 0 radical (unpaired) electrons. The van der Waals surface area contributed by atoms with Crippen LogP contribution >= 0.6 is 0 Å². The number of hydrogen-bond acceptors (Lipinski definition) is 1. The molecular formula is C10H7F2N. The maximum Gasteiger partial charge on any atom is 0.155 e. The predicted octanol–water partition coefficient (Wildman–Crippen LogP) is 2.82. The first-order valence-electron chi connectivity index (χ1n) is 3.89. The number of rotatable bonds is 0. The molecule has 1 aromatic carbocycles. The molecule has 0 N–H and O–H groups in total. The first kappa shape index (κ1) is 8.10. The molecule has 1 aromatic heterocycles. The highest BCUT2D eigenvalue weighted by Crippen LogP contribution is 2.20. The minimum Gasteiger partial charge on any atom is -0.253 e. The summed E-state index contributed by atoms with van der Waals surface area (Å²) < 4.78 is 26.4. The third-order valence-corrected chi connectivity index (χ3v) is 2.02. The van der Waals surface area contributed by atoms with Crippen LogP contribution in [0.2, 0.25) is 0 Å². The van der Waals surface area contributed by atoms with Gasteiger partial charge in [0.25, 0.3) is 0 Å². The summed E-state index contributed by atoms with van der Waals surface area (Å²) in [6.45, 7) is 1.40. The maximum absolute atomic E-state index is 13.4. The summed E-state index contributed by atoms with van der Waals surface area (Å²) in [6.07, 6.45) is 1.49. The van der Waals surface area contributed by atoms with Gasteiger partial charge in [0.2, 0.25) is 0 Å². The number of nitrogens with zero attached hydrogens (tertiary/aromatic N) is 1. The van der Waals surface area contributed by atoms with Crippen molar-refractivity contribution in [2.24, 2.45) is 0 Å². The van der Waals surface area contributed by atoms with E-state index in [4.69, 9.17) is 0 Å². The molecule has 0 spiro atoms. The minimum absolute atomic E-state index is 0.0196. The van der Waals surface area contributed by atoms with Crippen LogP contribution in [0.1, 0.15) is 5.56 Å². The van der Waals surface area contributed by atoms with Crippen molar-refractivity contribution in [2.45, 2.75) is 6.92 Å². The highest BCUT2D eigenvalue weighted by atomic mass is 19.1. The van der Waals surface area contributed by atoms with Crippen molar-refractivity contribution in [3.63, 3.8) is 0 Å². The minimum atomic E-state index is -0.574. The summed E-state index contributed by atoms with van der Waals surface area (Å²) >= 11 is 0. The molecule has 0 unspecified atom stereocenters. The van der Waals surface area contributed by atoms with E-state index in [1.165, 1.54) is 19.2 Å². The van der Waals surface area contributed by atoms with Crippen molar-refractivity contribution in [1.29, 1.82) is 0 Å². The molecule has 0 atom stereocenters. The van der Waals surface area contributed by atoms with Gasteiger partial charge >= 0.3 is 0 Å². The molecule has 0 bridgehead atoms. The van der Waals surface area contributed by atoms with Crippen LogP contribution in [0.4, 0.5) is 8.78 Å². The molecule has 2 rings (SSSR count). The van der Waals surface area contributed by atoms with Crippen LogP contribution in [0, 0.1) is 18.6 Å². The highest BCUT2D eigenvalue weighted by molar-refractivity contribution is 5.79. The summed E-state index contributed by atoms with van der Waals surface area (Å²) in [6, 6.07) is 4.57. The lowest BCUT2D eigenvalue weighted by Crippen LogP contribution is -1.92. The van der Waals surface area contributed by atoms with Crippen LogP contribution in [0.3, 0.4) is 0 Å². The van der Waals surface area contributed by atoms with Crippen LogP contribution in [0.25, 0.3) is 10.9 Å². The summed E-state index contributed by atoms with van der Waals surface area (Å²) in [5.41, 5.74) is 0.243. The number of hydrogen-bond donors (Lipinski definition) is 0. The SMILES string of the molecule is Cc1c(F)cc2cccnc2c1F. The van der Waals surface area contributed by atoms with Gasteiger partial charge in [-0.25, -0.2) is 8.78 Å². The summed E-state index contributed by atoms with van der Waals surface area (Å²) in [4.78, 5) is 3.84. The van der Waals surface area contributed by atoms with Gasteiger partial charge in [-0.15, -0.1) is 0 Å². The van der Waals surface area contributed by atoms with Crippen molar-refractivity contribution in [3.05, 3.63) is 41.6 Å². The standard InChI is InChI=1S/C10H7F2N/c1-6-8(11)5-7-3-2-4-13-10(7)9(6)12/h2-5H,1H3. The van der Waals surface area contributed by atoms with Gasteiger partial charge in [-0.05, 0) is 19.1 Å². The van der Waals surface area contributed by atoms with Crippen LogP contribution < -0.4 is 0 Å². The van der Waals surface area contributed by atoms with Gasteiger partial charge in [0.05, 0.1) is 0 Å². The number of pyridine rings is 1. The van der Waals surface area contributed by atoms with E-state index in [-0.39, 0.29) is 11.1 Å². The van der Waals surface area contributed by atoms with E-state index in [1.54, 1.807) is 12.1 Å². The van der Waals surface area contributed by atoms with Gasteiger partial charge < -0.3 is 0 Å². The summed E-state index contributed by atoms with van der Waals surface area (Å²) in [5, 5.41) is 0.489. The van der Waals surface area contributed by atoms with Gasteiger partial charge in [0.15, 0.2) is 5.82 Å². The van der Waals surface area contributed by atoms with Crippen LogP contribution in [-0.2, 0) is 0 Å². The van der Waals surface area contributed by atoms with E-state index in [0.717, 1.165) is 0 Å². The van der Waals surface area contributed by atoms with Crippen molar-refractivity contribution < 1.29 is 8.78 Å². The molecule has 13 heavy (non-hydrogen) atoms. The van der Waals surface area contributed by atoms with Crippen molar-refractivity contribution in [2.75, 3.05) is 0 Å². The predicted molar refractivity (Wildman–Crippen MR) is 46.4 cm³/mol. The Kier molecular flexibility index (Phi) is 1.72. The normalized spacial score (nSPS) is 10.7. The Bertz CT molecular complexity index is 466. The lowest BCUT2D eigenvalue weighted by atomic mass is 10.1. The van der Waals surface area contributed by atoms with E-state index in [2.05, 4.69) is 4.98 Å². The van der Waals surface area contributed by atoms with E-state index in [0.29, 0.717) is 5.39 Å². The van der Waals surface area contributed by atoms with Crippen LogP contribution in [-0.4, -0.2) is 4.98 Å². The van der Waals surface area contributed by atoms with Crippen LogP contribution in [0.5, 0.6) is 0 Å². The maximum atomic E-state index is 13.4. The first-order valence-corrected chi connectivity index (χ1v) is 3.89. The molecule has 1 heterocycles. The van der Waals surface area contributed by atoms with Crippen molar-refractivity contribution in [1.82, 2.24) is 4.98 Å². The Labute approximate surface area is 74.0 Å². The second kappa shape index (κ2) is 2.76. The van der Waals surface area contributed by atoms with E-state index in [9.17, 15) is 8.78 Å². The lowest BCUT2D eigenvalue weighted by molar-refractivity contribution is 0.575. The van der Waals surface area contributed by atoms with Gasteiger partial charge in [-0.1, -0.05) is 6.07 Å². The van der Waals surface area contributed by atoms with E-state index >= 15 is 0 Å². The molecule has 0 amide bonds. The molecule has 0 aliphatic rings. The molecule has 2 aromatic rings. The van der Waals surface area contributed by atoms with Gasteiger partial charge in [0.1, 0.15) is 11.3 Å². The molecule has 0 saturated carbocycles. The Morgan fingerprint density at radius 3 is 2.85 bits per heavy atom. The molecule has 0 aliphatic carbocycles. The fraction of sp³-hybridized carbons (Fsp3) is 0.100. The quantitative estimate of drug-likeness (QED) is 0.606. The second-order valence-electron chi connectivity index (χ2n) is 2.87. The Hall–Kier alpha value is -1.51. The summed E-state index contributed by atoms with van der Waals surface area (Å²) in [7, 11) is 0. The van der Waals surface area contributed by atoms with E-state index < -0.39 is 11.6 Å². The fourth-order valence-corrected chi connectivity index (χ4v) is 1.24. The molecular weight excluding hydrogens is 172 g/mol. The van der Waals surface area contributed by atoms with Gasteiger partial charge in [-0.2, -0.15) is 0 Å². The Balaban J connectivity index is 2.94. The number of benzene rings is 1. The third-order valence-electron chi connectivity index (χ3n) is 2.02. The van der Waals surface area contributed by atoms with Crippen molar-refractivity contribution in [3.8, 4) is 0 Å². The zero-order valence-electron chi connectivity index (χ0n) is 7.01. The third kappa shape index (κ3) is 1.16. The van der Waals surface area contributed by atoms with Crippen LogP contribution in [0.15, 0.2) is 24.4 Å². The largest absolute Gasteiger partial charge is 0.253 e. The molecule has 1 nitrogen and oxygen atoms in total. The van der Waals surface area contributed by atoms with Crippen molar-refractivity contribution >= 4 is 10.9 Å². The number of aromatic nitrogens is 1. The lowest BCUT2D eigenvalue weighted by Gasteiger charge is -2.02. The smallest absolute Gasteiger partial charge is 0.155 e.